The van der Waals surface area contributed by atoms with Gasteiger partial charge in [0.05, 0.1) is 17.6 Å². The predicted octanol–water partition coefficient (Wildman–Crippen LogP) is 3.69. The first-order valence-electron chi connectivity index (χ1n) is 10.3. The summed E-state index contributed by atoms with van der Waals surface area (Å²) in [5.74, 6) is 1.27. The SMILES string of the molecule is CN1CCCC(Oc2cc(NCc3ccccc3)c3ncc(C4CC4)n3n2)C1. The number of nitrogens with zero attached hydrogens (tertiary/aromatic N) is 4. The lowest BCUT2D eigenvalue weighted by atomic mass is 10.1. The van der Waals surface area contributed by atoms with Crippen molar-refractivity contribution >= 4 is 11.3 Å². The maximum absolute atomic E-state index is 6.31. The van der Waals surface area contributed by atoms with Crippen LogP contribution in [0.1, 0.15) is 42.9 Å². The zero-order chi connectivity index (χ0) is 18.9. The van der Waals surface area contributed by atoms with Crippen LogP contribution in [-0.2, 0) is 6.54 Å². The van der Waals surface area contributed by atoms with Crippen LogP contribution in [0.4, 0.5) is 5.69 Å². The molecule has 1 aliphatic heterocycles. The normalized spacial score (nSPS) is 20.4. The van der Waals surface area contributed by atoms with Crippen LogP contribution in [0, 0.1) is 0 Å². The van der Waals surface area contributed by atoms with Crippen LogP contribution in [0.3, 0.4) is 0 Å². The summed E-state index contributed by atoms with van der Waals surface area (Å²) in [6.07, 6.45) is 6.86. The third-order valence-corrected chi connectivity index (χ3v) is 5.66. The van der Waals surface area contributed by atoms with Gasteiger partial charge in [0.2, 0.25) is 5.88 Å². The molecule has 0 amide bonds. The number of anilines is 1. The van der Waals surface area contributed by atoms with E-state index in [-0.39, 0.29) is 6.10 Å². The van der Waals surface area contributed by atoms with Crippen molar-refractivity contribution in [3.63, 3.8) is 0 Å². The van der Waals surface area contributed by atoms with Crippen molar-refractivity contribution < 1.29 is 4.74 Å². The second-order valence-electron chi connectivity index (χ2n) is 8.07. The van der Waals surface area contributed by atoms with E-state index in [0.29, 0.717) is 11.8 Å². The number of ether oxygens (including phenoxy) is 1. The lowest BCUT2D eigenvalue weighted by Gasteiger charge is -2.29. The number of likely N-dealkylation sites (tertiary alicyclic amines) is 1. The van der Waals surface area contributed by atoms with E-state index in [9.17, 15) is 0 Å². The molecule has 1 saturated carbocycles. The van der Waals surface area contributed by atoms with E-state index in [0.717, 1.165) is 37.4 Å². The third kappa shape index (κ3) is 3.69. The van der Waals surface area contributed by atoms with Crippen LogP contribution in [0.5, 0.6) is 5.88 Å². The molecule has 2 aliphatic rings. The topological polar surface area (TPSA) is 54.7 Å². The lowest BCUT2D eigenvalue weighted by Crippen LogP contribution is -2.38. The summed E-state index contributed by atoms with van der Waals surface area (Å²) in [5, 5.41) is 8.35. The van der Waals surface area contributed by atoms with E-state index in [1.807, 2.05) is 22.8 Å². The van der Waals surface area contributed by atoms with Crippen molar-refractivity contribution in [3.05, 3.63) is 53.9 Å². The quantitative estimate of drug-likeness (QED) is 0.710. The molecule has 146 valence electrons. The summed E-state index contributed by atoms with van der Waals surface area (Å²) in [6, 6.07) is 12.4. The Bertz CT molecular complexity index is 950. The molecule has 1 saturated heterocycles. The number of piperidine rings is 1. The number of aromatic nitrogens is 3. The molecule has 2 fully saturated rings. The highest BCUT2D eigenvalue weighted by Crippen LogP contribution is 2.40. The van der Waals surface area contributed by atoms with Crippen molar-refractivity contribution in [2.24, 2.45) is 0 Å². The summed E-state index contributed by atoms with van der Waals surface area (Å²) >= 11 is 0. The van der Waals surface area contributed by atoms with E-state index >= 15 is 0 Å². The monoisotopic (exact) mass is 377 g/mol. The number of rotatable bonds is 6. The van der Waals surface area contributed by atoms with Gasteiger partial charge in [-0.05, 0) is 44.8 Å². The summed E-state index contributed by atoms with van der Waals surface area (Å²) in [5.41, 5.74) is 4.29. The summed E-state index contributed by atoms with van der Waals surface area (Å²) in [6.45, 7) is 2.84. The van der Waals surface area contributed by atoms with Gasteiger partial charge in [0.15, 0.2) is 5.65 Å². The number of fused-ring (bicyclic) bond motifs is 1. The fraction of sp³-hybridized carbons (Fsp3) is 0.455. The molecule has 1 aromatic carbocycles. The van der Waals surface area contributed by atoms with Gasteiger partial charge in [-0.25, -0.2) is 9.50 Å². The van der Waals surface area contributed by atoms with Crippen LogP contribution in [0.25, 0.3) is 5.65 Å². The maximum Gasteiger partial charge on any atom is 0.234 e. The van der Waals surface area contributed by atoms with Gasteiger partial charge in [-0.2, -0.15) is 0 Å². The predicted molar refractivity (Wildman–Crippen MR) is 110 cm³/mol. The Hall–Kier alpha value is -2.60. The minimum Gasteiger partial charge on any atom is -0.472 e. The van der Waals surface area contributed by atoms with Gasteiger partial charge in [-0.1, -0.05) is 30.3 Å². The van der Waals surface area contributed by atoms with Crippen molar-refractivity contribution in [1.82, 2.24) is 19.5 Å². The zero-order valence-corrected chi connectivity index (χ0v) is 16.3. The maximum atomic E-state index is 6.31. The summed E-state index contributed by atoms with van der Waals surface area (Å²) < 4.78 is 8.30. The number of imidazole rings is 1. The second-order valence-corrected chi connectivity index (χ2v) is 8.07. The van der Waals surface area contributed by atoms with Crippen LogP contribution in [0.2, 0.25) is 0 Å². The Morgan fingerprint density at radius 2 is 2.04 bits per heavy atom. The average molecular weight is 377 g/mol. The molecule has 0 bridgehead atoms. The van der Waals surface area contributed by atoms with Crippen LogP contribution >= 0.6 is 0 Å². The molecule has 0 spiro atoms. The fourth-order valence-corrected chi connectivity index (χ4v) is 3.99. The largest absolute Gasteiger partial charge is 0.472 e. The Morgan fingerprint density at radius 1 is 1.18 bits per heavy atom. The van der Waals surface area contributed by atoms with Gasteiger partial charge in [0.1, 0.15) is 6.10 Å². The zero-order valence-electron chi connectivity index (χ0n) is 16.3. The Labute approximate surface area is 165 Å². The molecule has 6 nitrogen and oxygen atoms in total. The van der Waals surface area contributed by atoms with E-state index in [1.54, 1.807) is 0 Å². The molecule has 28 heavy (non-hydrogen) atoms. The standard InChI is InChI=1S/C22H27N5O/c1-26-11-5-8-18(15-26)28-21-12-19(23-13-16-6-3-2-4-7-16)22-24-14-20(17-9-10-17)27(22)25-21/h2-4,6-7,12,14,17-18,23H,5,8-11,13,15H2,1H3. The smallest absolute Gasteiger partial charge is 0.234 e. The van der Waals surface area contributed by atoms with Gasteiger partial charge in [0, 0.05) is 25.1 Å². The molecule has 1 aliphatic carbocycles. The molecule has 1 unspecified atom stereocenters. The molecule has 5 rings (SSSR count). The molecule has 3 aromatic rings. The number of nitrogens with one attached hydrogen (secondary N) is 1. The highest BCUT2D eigenvalue weighted by molar-refractivity contribution is 5.68. The number of hydrogen-bond donors (Lipinski definition) is 1. The number of hydrogen-bond acceptors (Lipinski definition) is 5. The third-order valence-electron chi connectivity index (χ3n) is 5.66. The first kappa shape index (κ1) is 17.5. The van der Waals surface area contributed by atoms with E-state index in [1.165, 1.54) is 30.5 Å². The van der Waals surface area contributed by atoms with Gasteiger partial charge >= 0.3 is 0 Å². The second kappa shape index (κ2) is 7.43. The Morgan fingerprint density at radius 3 is 2.82 bits per heavy atom. The molecule has 1 N–H and O–H groups in total. The molecule has 1 atom stereocenters. The molecular formula is C22H27N5O. The highest BCUT2D eigenvalue weighted by atomic mass is 16.5. The van der Waals surface area contributed by atoms with Crippen molar-refractivity contribution in [2.75, 3.05) is 25.5 Å². The van der Waals surface area contributed by atoms with Gasteiger partial charge in [-0.15, -0.1) is 5.10 Å². The van der Waals surface area contributed by atoms with Crippen LogP contribution in [0.15, 0.2) is 42.6 Å². The van der Waals surface area contributed by atoms with Crippen molar-refractivity contribution in [1.29, 1.82) is 0 Å². The minimum absolute atomic E-state index is 0.193. The molecular weight excluding hydrogens is 350 g/mol. The molecule has 3 heterocycles. The average Bonchev–Trinajstić information content (AvgIpc) is 3.46. The minimum atomic E-state index is 0.193. The van der Waals surface area contributed by atoms with Gasteiger partial charge in [0.25, 0.3) is 0 Å². The van der Waals surface area contributed by atoms with Crippen LogP contribution < -0.4 is 10.1 Å². The van der Waals surface area contributed by atoms with E-state index in [4.69, 9.17) is 9.84 Å². The first-order chi connectivity index (χ1) is 13.8. The van der Waals surface area contributed by atoms with Crippen molar-refractivity contribution in [2.45, 2.75) is 44.2 Å². The van der Waals surface area contributed by atoms with Crippen LogP contribution in [-0.4, -0.2) is 45.7 Å². The lowest BCUT2D eigenvalue weighted by molar-refractivity contribution is 0.0988. The summed E-state index contributed by atoms with van der Waals surface area (Å²) in [4.78, 5) is 6.99. The molecule has 0 radical (unpaired) electrons. The van der Waals surface area contributed by atoms with Crippen molar-refractivity contribution in [3.8, 4) is 5.88 Å². The molecule has 2 aromatic heterocycles. The number of benzene rings is 1. The number of likely N-dealkylation sites (N-methyl/N-ethyl adjacent to an activating group) is 1. The Kier molecular flexibility index (Phi) is 4.64. The highest BCUT2D eigenvalue weighted by Gasteiger charge is 2.28. The summed E-state index contributed by atoms with van der Waals surface area (Å²) in [7, 11) is 2.15. The van der Waals surface area contributed by atoms with E-state index < -0.39 is 0 Å². The van der Waals surface area contributed by atoms with E-state index in [2.05, 4.69) is 46.5 Å². The Balaban J connectivity index is 1.44. The first-order valence-corrected chi connectivity index (χ1v) is 10.3. The van der Waals surface area contributed by atoms with Gasteiger partial charge in [-0.3, -0.25) is 0 Å². The van der Waals surface area contributed by atoms with Gasteiger partial charge < -0.3 is 15.0 Å². The fourth-order valence-electron chi connectivity index (χ4n) is 3.99. The molecule has 6 heteroatoms.